The number of aromatic nitrogens is 2. The second-order valence-electron chi connectivity index (χ2n) is 3.24. The Balaban J connectivity index is 2.31. The van der Waals surface area contributed by atoms with E-state index in [0.29, 0.717) is 5.75 Å². The number of carbonyl (C=O) groups is 1. The lowest BCUT2D eigenvalue weighted by Gasteiger charge is -2.01. The molecular weight excluding hydrogens is 208 g/mol. The van der Waals surface area contributed by atoms with E-state index in [1.165, 1.54) is 10.9 Å². The Labute approximate surface area is 91.9 Å². The number of para-hydroxylation sites is 1. The van der Waals surface area contributed by atoms with Gasteiger partial charge >= 0.3 is 5.97 Å². The van der Waals surface area contributed by atoms with Gasteiger partial charge in [0.25, 0.3) is 5.88 Å². The first kappa shape index (κ1) is 10.2. The van der Waals surface area contributed by atoms with Gasteiger partial charge in [0.15, 0.2) is 0 Å². The maximum atomic E-state index is 10.9. The molecule has 0 amide bonds. The fraction of sp³-hybridized carbons (Fsp3) is 0.0909. The Bertz CT molecular complexity index is 505. The zero-order chi connectivity index (χ0) is 11.5. The SMILES string of the molecule is Cn1cc(C(=O)O)c(Oc2ccccc2)n1. The van der Waals surface area contributed by atoms with Crippen LogP contribution in [0.25, 0.3) is 0 Å². The maximum absolute atomic E-state index is 10.9. The Kier molecular flexibility index (Phi) is 2.59. The molecule has 1 heterocycles. The van der Waals surface area contributed by atoms with Crippen molar-refractivity contribution in [2.45, 2.75) is 0 Å². The van der Waals surface area contributed by atoms with E-state index in [2.05, 4.69) is 5.10 Å². The molecule has 5 nitrogen and oxygen atoms in total. The molecule has 0 spiro atoms. The second-order valence-corrected chi connectivity index (χ2v) is 3.24. The average Bonchev–Trinajstić information content (AvgIpc) is 2.61. The van der Waals surface area contributed by atoms with Gasteiger partial charge < -0.3 is 9.84 Å². The van der Waals surface area contributed by atoms with Crippen LogP contribution in [0.4, 0.5) is 0 Å². The topological polar surface area (TPSA) is 64.4 Å². The van der Waals surface area contributed by atoms with E-state index in [4.69, 9.17) is 9.84 Å². The van der Waals surface area contributed by atoms with Crippen LogP contribution in [0.15, 0.2) is 36.5 Å². The lowest BCUT2D eigenvalue weighted by Crippen LogP contribution is -1.97. The molecule has 0 saturated heterocycles. The minimum absolute atomic E-state index is 0.0475. The van der Waals surface area contributed by atoms with Gasteiger partial charge in [-0.25, -0.2) is 4.79 Å². The van der Waals surface area contributed by atoms with Gasteiger partial charge in [0.05, 0.1) is 0 Å². The van der Waals surface area contributed by atoms with Crippen molar-refractivity contribution in [2.75, 3.05) is 0 Å². The second kappa shape index (κ2) is 4.06. The molecule has 1 aromatic heterocycles. The molecule has 0 atom stereocenters. The molecule has 0 aliphatic heterocycles. The molecular formula is C11H10N2O3. The molecule has 1 aromatic carbocycles. The third kappa shape index (κ3) is 2.03. The van der Waals surface area contributed by atoms with Crippen molar-refractivity contribution in [1.29, 1.82) is 0 Å². The normalized spacial score (nSPS) is 10.1. The summed E-state index contributed by atoms with van der Waals surface area (Å²) >= 11 is 0. The van der Waals surface area contributed by atoms with Crippen molar-refractivity contribution < 1.29 is 14.6 Å². The summed E-state index contributed by atoms with van der Waals surface area (Å²) in [6.45, 7) is 0. The first-order valence-corrected chi connectivity index (χ1v) is 4.66. The number of hydrogen-bond donors (Lipinski definition) is 1. The average molecular weight is 218 g/mol. The Morgan fingerprint density at radius 1 is 1.38 bits per heavy atom. The third-order valence-corrected chi connectivity index (χ3v) is 1.98. The highest BCUT2D eigenvalue weighted by Crippen LogP contribution is 2.22. The predicted molar refractivity (Wildman–Crippen MR) is 56.7 cm³/mol. The van der Waals surface area contributed by atoms with Crippen LogP contribution in [0.1, 0.15) is 10.4 Å². The minimum Gasteiger partial charge on any atom is -0.477 e. The Morgan fingerprint density at radius 2 is 2.06 bits per heavy atom. The zero-order valence-corrected chi connectivity index (χ0v) is 8.62. The van der Waals surface area contributed by atoms with Gasteiger partial charge in [-0.1, -0.05) is 18.2 Å². The molecule has 0 fully saturated rings. The van der Waals surface area contributed by atoms with Gasteiger partial charge in [0.2, 0.25) is 0 Å². The molecule has 0 aliphatic rings. The van der Waals surface area contributed by atoms with E-state index in [0.717, 1.165) is 0 Å². The molecule has 1 N–H and O–H groups in total. The van der Waals surface area contributed by atoms with E-state index in [1.54, 1.807) is 31.3 Å². The summed E-state index contributed by atoms with van der Waals surface area (Å²) in [6.07, 6.45) is 1.40. The monoisotopic (exact) mass is 218 g/mol. The number of benzene rings is 1. The van der Waals surface area contributed by atoms with Crippen LogP contribution < -0.4 is 4.74 Å². The largest absolute Gasteiger partial charge is 0.477 e. The van der Waals surface area contributed by atoms with Gasteiger partial charge in [-0.05, 0) is 12.1 Å². The van der Waals surface area contributed by atoms with Crippen LogP contribution in [-0.4, -0.2) is 20.9 Å². The molecule has 2 rings (SSSR count). The highest BCUT2D eigenvalue weighted by atomic mass is 16.5. The van der Waals surface area contributed by atoms with Crippen molar-refractivity contribution in [3.05, 3.63) is 42.1 Å². The Hall–Kier alpha value is -2.30. The summed E-state index contributed by atoms with van der Waals surface area (Å²) in [5, 5.41) is 12.9. The van der Waals surface area contributed by atoms with Crippen molar-refractivity contribution in [2.24, 2.45) is 7.05 Å². The van der Waals surface area contributed by atoms with Crippen LogP contribution >= 0.6 is 0 Å². The highest BCUT2D eigenvalue weighted by Gasteiger charge is 2.16. The number of aromatic carboxylic acids is 1. The summed E-state index contributed by atoms with van der Waals surface area (Å²) in [5.74, 6) is -0.399. The number of nitrogens with zero attached hydrogens (tertiary/aromatic N) is 2. The van der Waals surface area contributed by atoms with Crippen LogP contribution in [0.2, 0.25) is 0 Å². The maximum Gasteiger partial charge on any atom is 0.342 e. The number of hydrogen-bond acceptors (Lipinski definition) is 3. The van der Waals surface area contributed by atoms with Crippen molar-refractivity contribution in [3.63, 3.8) is 0 Å². The quantitative estimate of drug-likeness (QED) is 0.854. The number of aryl methyl sites for hydroxylation is 1. The summed E-state index contributed by atoms with van der Waals surface area (Å²) in [7, 11) is 1.64. The lowest BCUT2D eigenvalue weighted by atomic mass is 10.3. The first-order chi connectivity index (χ1) is 7.66. The molecule has 0 saturated carbocycles. The zero-order valence-electron chi connectivity index (χ0n) is 8.62. The molecule has 0 radical (unpaired) electrons. The fourth-order valence-corrected chi connectivity index (χ4v) is 1.29. The highest BCUT2D eigenvalue weighted by molar-refractivity contribution is 5.90. The lowest BCUT2D eigenvalue weighted by molar-refractivity contribution is 0.0694. The summed E-state index contributed by atoms with van der Waals surface area (Å²) in [5.41, 5.74) is 0.0475. The fourth-order valence-electron chi connectivity index (χ4n) is 1.29. The van der Waals surface area contributed by atoms with E-state index in [9.17, 15) is 4.79 Å². The van der Waals surface area contributed by atoms with Gasteiger partial charge in [-0.15, -0.1) is 5.10 Å². The van der Waals surface area contributed by atoms with Gasteiger partial charge in [0.1, 0.15) is 11.3 Å². The summed E-state index contributed by atoms with van der Waals surface area (Å²) in [6, 6.07) is 8.93. The molecule has 0 bridgehead atoms. The third-order valence-electron chi connectivity index (χ3n) is 1.98. The summed E-state index contributed by atoms with van der Waals surface area (Å²) in [4.78, 5) is 10.9. The van der Waals surface area contributed by atoms with E-state index < -0.39 is 5.97 Å². The first-order valence-electron chi connectivity index (χ1n) is 4.66. The number of carboxylic acids is 1. The number of rotatable bonds is 3. The predicted octanol–water partition coefficient (Wildman–Crippen LogP) is 1.91. The van der Waals surface area contributed by atoms with Crippen LogP contribution in [0, 0.1) is 0 Å². The molecule has 0 unspecified atom stereocenters. The van der Waals surface area contributed by atoms with Crippen LogP contribution in [-0.2, 0) is 7.05 Å². The molecule has 5 heteroatoms. The van der Waals surface area contributed by atoms with Gasteiger partial charge in [0, 0.05) is 13.2 Å². The number of carboxylic acid groups (broad SMARTS) is 1. The molecule has 16 heavy (non-hydrogen) atoms. The van der Waals surface area contributed by atoms with E-state index in [1.807, 2.05) is 6.07 Å². The van der Waals surface area contributed by atoms with Crippen LogP contribution in [0.5, 0.6) is 11.6 Å². The van der Waals surface area contributed by atoms with Gasteiger partial charge in [-0.2, -0.15) is 0 Å². The van der Waals surface area contributed by atoms with Crippen molar-refractivity contribution in [1.82, 2.24) is 9.78 Å². The standard InChI is InChI=1S/C11H10N2O3/c1-13-7-9(11(14)15)10(12-13)16-8-5-3-2-4-6-8/h2-7H,1H3,(H,14,15). The Morgan fingerprint density at radius 3 is 2.69 bits per heavy atom. The van der Waals surface area contributed by atoms with Gasteiger partial charge in [-0.3, -0.25) is 4.68 Å². The smallest absolute Gasteiger partial charge is 0.342 e. The van der Waals surface area contributed by atoms with Crippen LogP contribution in [0.3, 0.4) is 0 Å². The van der Waals surface area contributed by atoms with Crippen molar-refractivity contribution in [3.8, 4) is 11.6 Å². The minimum atomic E-state index is -1.06. The number of ether oxygens (including phenoxy) is 1. The van der Waals surface area contributed by atoms with Crippen molar-refractivity contribution >= 4 is 5.97 Å². The summed E-state index contributed by atoms with van der Waals surface area (Å²) < 4.78 is 6.78. The van der Waals surface area contributed by atoms with E-state index >= 15 is 0 Å². The van der Waals surface area contributed by atoms with E-state index in [-0.39, 0.29) is 11.4 Å². The molecule has 82 valence electrons. The molecule has 0 aliphatic carbocycles. The molecule has 2 aromatic rings.